The number of carbonyl (C=O) groups excluding carboxylic acids is 1. The van der Waals surface area contributed by atoms with Gasteiger partial charge >= 0.3 is 6.09 Å². The highest BCUT2D eigenvalue weighted by Gasteiger charge is 2.17. The van der Waals surface area contributed by atoms with Gasteiger partial charge < -0.3 is 9.47 Å². The van der Waals surface area contributed by atoms with Crippen molar-refractivity contribution in [3.63, 3.8) is 0 Å². The molecule has 3 rings (SSSR count). The minimum Gasteiger partial charge on any atom is -0.444 e. The number of anilines is 1. The van der Waals surface area contributed by atoms with E-state index in [4.69, 9.17) is 21.1 Å². The van der Waals surface area contributed by atoms with E-state index in [1.807, 2.05) is 25.4 Å². The molecule has 1 N–H and O–H groups in total. The SMILES string of the molecule is Cn1cc2cc(Oc3cc(Cl)cc(NC(=O)OC(C)(C)C)n3)ccc2n1. The number of rotatable bonds is 3. The first-order valence-electron chi connectivity index (χ1n) is 7.97. The topological polar surface area (TPSA) is 78.3 Å². The number of carbonyl (C=O) groups is 1. The van der Waals surface area contributed by atoms with Gasteiger partial charge in [-0.1, -0.05) is 11.6 Å². The van der Waals surface area contributed by atoms with Crippen LogP contribution in [0.3, 0.4) is 0 Å². The fourth-order valence-electron chi connectivity index (χ4n) is 2.31. The van der Waals surface area contributed by atoms with Crippen molar-refractivity contribution in [2.45, 2.75) is 26.4 Å². The molecule has 0 atom stereocenters. The number of halogens is 1. The van der Waals surface area contributed by atoms with Gasteiger partial charge in [-0.05, 0) is 45.0 Å². The van der Waals surface area contributed by atoms with Gasteiger partial charge in [-0.15, -0.1) is 0 Å². The number of aryl methyl sites for hydroxylation is 1. The molecule has 7 nitrogen and oxygen atoms in total. The van der Waals surface area contributed by atoms with Crippen LogP contribution in [-0.4, -0.2) is 26.5 Å². The second kappa shape index (κ2) is 6.84. The predicted molar refractivity (Wildman–Crippen MR) is 99.9 cm³/mol. The van der Waals surface area contributed by atoms with E-state index < -0.39 is 11.7 Å². The molecule has 1 amide bonds. The van der Waals surface area contributed by atoms with Gasteiger partial charge in [-0.25, -0.2) is 4.79 Å². The molecule has 1 aromatic carbocycles. The van der Waals surface area contributed by atoms with Gasteiger partial charge in [-0.2, -0.15) is 10.1 Å². The van der Waals surface area contributed by atoms with E-state index in [1.165, 1.54) is 6.07 Å². The first kappa shape index (κ1) is 18.0. The van der Waals surface area contributed by atoms with Gasteiger partial charge in [0.15, 0.2) is 0 Å². The van der Waals surface area contributed by atoms with E-state index in [0.717, 1.165) is 10.9 Å². The lowest BCUT2D eigenvalue weighted by molar-refractivity contribution is 0.0635. The molecule has 0 bridgehead atoms. The zero-order valence-electron chi connectivity index (χ0n) is 14.9. The van der Waals surface area contributed by atoms with E-state index in [0.29, 0.717) is 10.8 Å². The fraction of sp³-hybridized carbons (Fsp3) is 0.278. The number of nitrogens with one attached hydrogen (secondary N) is 1. The van der Waals surface area contributed by atoms with Gasteiger partial charge in [0.1, 0.15) is 17.2 Å². The number of nitrogens with zero attached hydrogens (tertiary/aromatic N) is 3. The van der Waals surface area contributed by atoms with Crippen LogP contribution in [-0.2, 0) is 11.8 Å². The molecule has 136 valence electrons. The van der Waals surface area contributed by atoms with Crippen LogP contribution in [0.4, 0.5) is 10.6 Å². The van der Waals surface area contributed by atoms with E-state index in [-0.39, 0.29) is 11.7 Å². The molecule has 0 aliphatic heterocycles. The zero-order valence-corrected chi connectivity index (χ0v) is 15.7. The van der Waals surface area contributed by atoms with Crippen molar-refractivity contribution in [2.75, 3.05) is 5.32 Å². The summed E-state index contributed by atoms with van der Waals surface area (Å²) in [5.74, 6) is 1.08. The molecular formula is C18H19ClN4O3. The van der Waals surface area contributed by atoms with Crippen molar-refractivity contribution < 1.29 is 14.3 Å². The lowest BCUT2D eigenvalue weighted by Gasteiger charge is -2.19. The third-order valence-electron chi connectivity index (χ3n) is 3.21. The Morgan fingerprint density at radius 2 is 2.00 bits per heavy atom. The molecule has 2 aromatic heterocycles. The minimum atomic E-state index is -0.616. The summed E-state index contributed by atoms with van der Waals surface area (Å²) in [4.78, 5) is 16.1. The molecule has 0 aliphatic carbocycles. The molecule has 0 fully saturated rings. The molecule has 0 aliphatic rings. The number of fused-ring (bicyclic) bond motifs is 1. The third kappa shape index (κ3) is 4.64. The maximum Gasteiger partial charge on any atom is 0.413 e. The maximum absolute atomic E-state index is 11.9. The summed E-state index contributed by atoms with van der Waals surface area (Å²) in [5, 5.41) is 8.18. The maximum atomic E-state index is 11.9. The molecule has 0 saturated heterocycles. The van der Waals surface area contributed by atoms with E-state index in [9.17, 15) is 4.79 Å². The van der Waals surface area contributed by atoms with Crippen LogP contribution in [0.1, 0.15) is 20.8 Å². The number of aromatic nitrogens is 3. The summed E-state index contributed by atoms with van der Waals surface area (Å²) in [6.45, 7) is 5.34. The predicted octanol–water partition coefficient (Wildman–Crippen LogP) is 4.76. The number of benzene rings is 1. The largest absolute Gasteiger partial charge is 0.444 e. The molecular weight excluding hydrogens is 356 g/mol. The monoisotopic (exact) mass is 374 g/mol. The highest BCUT2D eigenvalue weighted by Crippen LogP contribution is 2.27. The Morgan fingerprint density at radius 3 is 2.73 bits per heavy atom. The Bertz CT molecular complexity index is 963. The smallest absolute Gasteiger partial charge is 0.413 e. The van der Waals surface area contributed by atoms with Crippen LogP contribution in [0.5, 0.6) is 11.6 Å². The Hall–Kier alpha value is -2.80. The van der Waals surface area contributed by atoms with Crippen LogP contribution in [0.15, 0.2) is 36.5 Å². The van der Waals surface area contributed by atoms with E-state index >= 15 is 0 Å². The highest BCUT2D eigenvalue weighted by atomic mass is 35.5. The average molecular weight is 375 g/mol. The normalized spacial score (nSPS) is 11.4. The standard InChI is InChI=1S/C18H19ClN4O3/c1-18(2,3)26-17(24)21-15-8-12(19)9-16(20-15)25-13-5-6-14-11(7-13)10-23(4)22-14/h5-10H,1-4H3,(H,20,21,24). The van der Waals surface area contributed by atoms with Crippen molar-refractivity contribution in [1.82, 2.24) is 14.8 Å². The summed E-state index contributed by atoms with van der Waals surface area (Å²) in [5.41, 5.74) is 0.257. The Labute approximate surface area is 155 Å². The Morgan fingerprint density at radius 1 is 1.23 bits per heavy atom. The molecule has 0 radical (unpaired) electrons. The summed E-state index contributed by atoms with van der Waals surface area (Å²) in [6, 6.07) is 8.58. The molecule has 0 spiro atoms. The molecule has 26 heavy (non-hydrogen) atoms. The lowest BCUT2D eigenvalue weighted by atomic mass is 10.2. The van der Waals surface area contributed by atoms with Crippen molar-refractivity contribution in [2.24, 2.45) is 7.05 Å². The first-order valence-corrected chi connectivity index (χ1v) is 8.35. The molecule has 3 aromatic rings. The van der Waals surface area contributed by atoms with Crippen molar-refractivity contribution >= 4 is 34.4 Å². The Kier molecular flexibility index (Phi) is 4.73. The molecule has 8 heteroatoms. The first-order chi connectivity index (χ1) is 12.2. The Balaban J connectivity index is 1.79. The van der Waals surface area contributed by atoms with Crippen LogP contribution in [0.25, 0.3) is 10.9 Å². The van der Waals surface area contributed by atoms with E-state index in [1.54, 1.807) is 37.6 Å². The third-order valence-corrected chi connectivity index (χ3v) is 3.43. The lowest BCUT2D eigenvalue weighted by Crippen LogP contribution is -2.27. The van der Waals surface area contributed by atoms with E-state index in [2.05, 4.69) is 15.4 Å². The molecule has 2 heterocycles. The zero-order chi connectivity index (χ0) is 18.9. The van der Waals surface area contributed by atoms with Gasteiger partial charge in [-0.3, -0.25) is 10.00 Å². The van der Waals surface area contributed by atoms with Gasteiger partial charge in [0, 0.05) is 29.7 Å². The minimum absolute atomic E-state index is 0.240. The summed E-state index contributed by atoms with van der Waals surface area (Å²) < 4.78 is 12.7. The van der Waals surface area contributed by atoms with Crippen molar-refractivity contribution in [3.8, 4) is 11.6 Å². The number of pyridine rings is 1. The number of ether oxygens (including phenoxy) is 2. The summed E-state index contributed by atoms with van der Waals surface area (Å²) in [6.07, 6.45) is 1.28. The van der Waals surface area contributed by atoms with Crippen LogP contribution in [0, 0.1) is 0 Å². The molecule has 0 saturated carbocycles. The number of hydrogen-bond acceptors (Lipinski definition) is 5. The van der Waals surface area contributed by atoms with Crippen LogP contribution >= 0.6 is 11.6 Å². The van der Waals surface area contributed by atoms with Crippen LogP contribution in [0.2, 0.25) is 5.02 Å². The fourth-order valence-corrected chi connectivity index (χ4v) is 2.51. The van der Waals surface area contributed by atoms with Gasteiger partial charge in [0.2, 0.25) is 5.88 Å². The second-order valence-corrected chi connectivity index (χ2v) is 7.20. The highest BCUT2D eigenvalue weighted by molar-refractivity contribution is 6.31. The average Bonchev–Trinajstić information content (AvgIpc) is 2.83. The summed E-state index contributed by atoms with van der Waals surface area (Å²) in [7, 11) is 1.85. The van der Waals surface area contributed by atoms with Crippen LogP contribution < -0.4 is 10.1 Å². The number of hydrogen-bond donors (Lipinski definition) is 1. The quantitative estimate of drug-likeness (QED) is 0.715. The number of amides is 1. The van der Waals surface area contributed by atoms with Crippen molar-refractivity contribution in [3.05, 3.63) is 41.6 Å². The van der Waals surface area contributed by atoms with Gasteiger partial charge in [0.25, 0.3) is 0 Å². The van der Waals surface area contributed by atoms with Crippen molar-refractivity contribution in [1.29, 1.82) is 0 Å². The summed E-state index contributed by atoms with van der Waals surface area (Å²) >= 11 is 6.11. The molecule has 0 unspecified atom stereocenters. The van der Waals surface area contributed by atoms with Gasteiger partial charge in [0.05, 0.1) is 5.52 Å². The second-order valence-electron chi connectivity index (χ2n) is 6.76.